The van der Waals surface area contributed by atoms with Crippen LogP contribution < -0.4 is 0 Å². The first-order valence-electron chi connectivity index (χ1n) is 15.7. The van der Waals surface area contributed by atoms with Crippen molar-refractivity contribution >= 4 is 17.8 Å². The average molecular weight is 610 g/mol. The third-order valence-electron chi connectivity index (χ3n) is 11.0. The largest absolute Gasteiger partial charge is 0.493 e. The van der Waals surface area contributed by atoms with Crippen molar-refractivity contribution < 1.29 is 32.3 Å². The number of hydrogen-bond donors (Lipinski definition) is 0. The highest BCUT2D eigenvalue weighted by atomic mass is 19.4. The second-order valence-corrected chi connectivity index (χ2v) is 13.7. The Morgan fingerprint density at radius 2 is 1.55 bits per heavy atom. The van der Waals surface area contributed by atoms with Crippen LogP contribution in [0.3, 0.4) is 0 Å². The van der Waals surface area contributed by atoms with Gasteiger partial charge >= 0.3 is 18.1 Å². The normalized spacial score (nSPS) is 32.3. The van der Waals surface area contributed by atoms with Gasteiger partial charge in [0.05, 0.1) is 7.11 Å². The molecule has 2 heterocycles. The van der Waals surface area contributed by atoms with E-state index in [4.69, 9.17) is 14.7 Å². The summed E-state index contributed by atoms with van der Waals surface area (Å²) in [5.74, 6) is -0.0214. The standard InChI is InChI=1S/C34H38F3N3O4/c1-43-29(41)12-14-32(27-9-7-26(8-10-27)25-5-3-2-4-6-25)13-11-28-39(21-32)30(38-40(28)44-31(42)34(35,36)37)33-18-22-15-23(19-33)17-24(16-22)20-33/h2-10,22-24,28H,11-21H2,1H3. The molecular formula is C34H38F3N3O4. The lowest BCUT2D eigenvalue weighted by Crippen LogP contribution is -2.60. The molecule has 2 atom stereocenters. The van der Waals surface area contributed by atoms with Gasteiger partial charge in [-0.25, -0.2) is 4.79 Å². The first-order valence-corrected chi connectivity index (χ1v) is 15.7. The number of piperidine rings is 1. The number of hydrogen-bond acceptors (Lipinski definition) is 7. The SMILES string of the molecule is COC(=O)CCC1(c2ccc(-c3ccccc3)cc2)CCC2N(OC(=O)C(F)(F)F)N=C(C34CC5CC(CC(C5)C3)C4)N2C1. The highest BCUT2D eigenvalue weighted by molar-refractivity contribution is 5.90. The van der Waals surface area contributed by atoms with Crippen LogP contribution >= 0.6 is 0 Å². The zero-order valence-corrected chi connectivity index (χ0v) is 24.9. The fourth-order valence-corrected chi connectivity index (χ4v) is 9.42. The molecule has 234 valence electrons. The number of benzene rings is 2. The van der Waals surface area contributed by atoms with Crippen molar-refractivity contribution in [2.24, 2.45) is 28.3 Å². The van der Waals surface area contributed by atoms with Gasteiger partial charge in [-0.3, -0.25) is 4.79 Å². The molecular weight excluding hydrogens is 571 g/mol. The highest BCUT2D eigenvalue weighted by Crippen LogP contribution is 2.62. The van der Waals surface area contributed by atoms with Crippen LogP contribution in [0, 0.1) is 23.2 Å². The molecule has 4 aliphatic carbocycles. The molecule has 7 nitrogen and oxygen atoms in total. The van der Waals surface area contributed by atoms with E-state index in [0.717, 1.165) is 47.0 Å². The maximum atomic E-state index is 13.3. The third-order valence-corrected chi connectivity index (χ3v) is 11.0. The predicted octanol–water partition coefficient (Wildman–Crippen LogP) is 6.83. The number of ether oxygens (including phenoxy) is 1. The summed E-state index contributed by atoms with van der Waals surface area (Å²) >= 11 is 0. The number of carbonyl (C=O) groups excluding carboxylic acids is 2. The van der Waals surface area contributed by atoms with E-state index < -0.39 is 23.7 Å². The van der Waals surface area contributed by atoms with Gasteiger partial charge in [0.25, 0.3) is 0 Å². The van der Waals surface area contributed by atoms with Crippen LogP contribution in [0.2, 0.25) is 0 Å². The monoisotopic (exact) mass is 609 g/mol. The van der Waals surface area contributed by atoms with Gasteiger partial charge in [0, 0.05) is 23.8 Å². The van der Waals surface area contributed by atoms with Crippen molar-refractivity contribution in [3.05, 3.63) is 60.2 Å². The van der Waals surface area contributed by atoms with Crippen LogP contribution in [0.25, 0.3) is 11.1 Å². The molecule has 5 fully saturated rings. The van der Waals surface area contributed by atoms with Gasteiger partial charge in [-0.15, -0.1) is 5.10 Å². The summed E-state index contributed by atoms with van der Waals surface area (Å²) in [7, 11) is 1.38. The Hall–Kier alpha value is -3.56. The summed E-state index contributed by atoms with van der Waals surface area (Å²) in [5, 5.41) is 5.68. The van der Waals surface area contributed by atoms with Gasteiger partial charge in [-0.05, 0) is 92.2 Å². The summed E-state index contributed by atoms with van der Waals surface area (Å²) in [6.07, 6.45) is 2.50. The first kappa shape index (κ1) is 29.2. The zero-order chi connectivity index (χ0) is 30.7. The van der Waals surface area contributed by atoms with E-state index in [-0.39, 0.29) is 17.8 Å². The van der Waals surface area contributed by atoms with Crippen LogP contribution in [-0.2, 0) is 24.6 Å². The number of nitrogens with zero attached hydrogens (tertiary/aromatic N) is 3. The topological polar surface area (TPSA) is 71.4 Å². The van der Waals surface area contributed by atoms with E-state index in [1.54, 1.807) is 0 Å². The molecule has 0 radical (unpaired) electrons. The maximum Gasteiger partial charge on any atom is 0.493 e. The molecule has 2 aliphatic heterocycles. The molecule has 1 saturated heterocycles. The Kier molecular flexibility index (Phi) is 7.16. The van der Waals surface area contributed by atoms with Crippen molar-refractivity contribution in [2.45, 2.75) is 82.0 Å². The number of alkyl halides is 3. The second-order valence-electron chi connectivity index (χ2n) is 13.7. The Labute approximate surface area is 255 Å². The number of hydroxylamine groups is 1. The van der Waals surface area contributed by atoms with Crippen LogP contribution in [0.1, 0.15) is 69.8 Å². The Morgan fingerprint density at radius 1 is 0.932 bits per heavy atom. The summed E-state index contributed by atoms with van der Waals surface area (Å²) < 4.78 is 45.0. The van der Waals surface area contributed by atoms with Gasteiger partial charge in [-0.2, -0.15) is 13.2 Å². The van der Waals surface area contributed by atoms with Gasteiger partial charge in [0.15, 0.2) is 6.17 Å². The molecule has 6 aliphatic rings. The molecule has 8 rings (SSSR count). The van der Waals surface area contributed by atoms with E-state index in [0.29, 0.717) is 43.6 Å². The summed E-state index contributed by atoms with van der Waals surface area (Å²) in [5.41, 5.74) is 2.52. The van der Waals surface area contributed by atoms with E-state index in [1.165, 1.54) is 26.4 Å². The molecule has 2 aromatic rings. The van der Waals surface area contributed by atoms with Crippen molar-refractivity contribution in [3.8, 4) is 11.1 Å². The number of hydrazone groups is 1. The highest BCUT2D eigenvalue weighted by Gasteiger charge is 2.59. The summed E-state index contributed by atoms with van der Waals surface area (Å²) in [6, 6.07) is 18.5. The molecule has 4 saturated carbocycles. The molecule has 0 aromatic heterocycles. The van der Waals surface area contributed by atoms with E-state index in [2.05, 4.69) is 41.3 Å². The Balaban J connectivity index is 1.25. The quantitative estimate of drug-likeness (QED) is 0.321. The fourth-order valence-electron chi connectivity index (χ4n) is 9.42. The number of halogens is 3. The lowest BCUT2D eigenvalue weighted by atomic mass is 9.49. The number of esters is 1. The van der Waals surface area contributed by atoms with Crippen LogP contribution in [0.4, 0.5) is 13.2 Å². The molecule has 0 N–H and O–H groups in total. The molecule has 2 aromatic carbocycles. The van der Waals surface area contributed by atoms with E-state index >= 15 is 0 Å². The molecule has 0 amide bonds. The Bertz CT molecular complexity index is 1410. The molecule has 4 bridgehead atoms. The van der Waals surface area contributed by atoms with Crippen molar-refractivity contribution in [1.82, 2.24) is 10.1 Å². The predicted molar refractivity (Wildman–Crippen MR) is 157 cm³/mol. The molecule has 2 unspecified atom stereocenters. The van der Waals surface area contributed by atoms with Crippen molar-refractivity contribution in [3.63, 3.8) is 0 Å². The van der Waals surface area contributed by atoms with Crippen molar-refractivity contribution in [2.75, 3.05) is 13.7 Å². The van der Waals surface area contributed by atoms with E-state index in [9.17, 15) is 22.8 Å². The van der Waals surface area contributed by atoms with Gasteiger partial charge in [0.2, 0.25) is 0 Å². The summed E-state index contributed by atoms with van der Waals surface area (Å²) in [4.78, 5) is 31.5. The fraction of sp³-hybridized carbons (Fsp3) is 0.559. The minimum Gasteiger partial charge on any atom is -0.469 e. The maximum absolute atomic E-state index is 13.3. The number of rotatable bonds is 7. The smallest absolute Gasteiger partial charge is 0.469 e. The summed E-state index contributed by atoms with van der Waals surface area (Å²) in [6.45, 7) is 0.458. The molecule has 10 heteroatoms. The minimum atomic E-state index is -5.12. The first-order chi connectivity index (χ1) is 21.1. The molecule has 44 heavy (non-hydrogen) atoms. The van der Waals surface area contributed by atoms with Crippen molar-refractivity contribution in [1.29, 1.82) is 0 Å². The van der Waals surface area contributed by atoms with Gasteiger partial charge in [0.1, 0.15) is 5.84 Å². The second kappa shape index (κ2) is 10.8. The Morgan fingerprint density at radius 3 is 2.14 bits per heavy atom. The third kappa shape index (κ3) is 5.13. The van der Waals surface area contributed by atoms with Crippen LogP contribution in [-0.4, -0.2) is 53.8 Å². The molecule has 0 spiro atoms. The lowest BCUT2D eigenvalue weighted by molar-refractivity contribution is -0.252. The number of fused-ring (bicyclic) bond motifs is 1. The number of methoxy groups -OCH3 is 1. The zero-order valence-electron chi connectivity index (χ0n) is 24.9. The van der Waals surface area contributed by atoms with Crippen LogP contribution in [0.5, 0.6) is 0 Å². The van der Waals surface area contributed by atoms with Gasteiger partial charge < -0.3 is 14.5 Å². The lowest BCUT2D eigenvalue weighted by Gasteiger charge is -2.58. The number of amidine groups is 1. The van der Waals surface area contributed by atoms with E-state index in [1.807, 2.05) is 18.2 Å². The van der Waals surface area contributed by atoms with Gasteiger partial charge in [-0.1, -0.05) is 59.8 Å². The van der Waals surface area contributed by atoms with Crippen LogP contribution in [0.15, 0.2) is 59.7 Å². The minimum absolute atomic E-state index is 0.214. The average Bonchev–Trinajstić information content (AvgIpc) is 3.37. The number of carbonyl (C=O) groups is 2.